The van der Waals surface area contributed by atoms with E-state index in [-0.39, 0.29) is 11.7 Å². The molecule has 0 bridgehead atoms. The van der Waals surface area contributed by atoms with Crippen LogP contribution in [0.25, 0.3) is 11.5 Å². The summed E-state index contributed by atoms with van der Waals surface area (Å²) >= 11 is 1.18. The largest absolute Gasteiger partial charge is 0.411 e. The van der Waals surface area contributed by atoms with E-state index in [1.165, 1.54) is 11.8 Å². The van der Waals surface area contributed by atoms with E-state index >= 15 is 0 Å². The fraction of sp³-hybridized carbons (Fsp3) is 0.444. The number of aromatic nitrogens is 2. The van der Waals surface area contributed by atoms with Crippen LogP contribution >= 0.6 is 11.8 Å². The maximum absolute atomic E-state index is 12.5. The summed E-state index contributed by atoms with van der Waals surface area (Å²) in [4.78, 5) is 25.6. The molecule has 2 aromatic rings. The topological polar surface area (TPSA) is 102 Å². The molecule has 2 amide bonds. The van der Waals surface area contributed by atoms with Gasteiger partial charge in [0.1, 0.15) is 6.04 Å². The van der Waals surface area contributed by atoms with E-state index in [0.29, 0.717) is 24.1 Å². The number of aryl methyl sites for hydroxylation is 2. The normalized spacial score (nSPS) is 17.3. The zero-order valence-corrected chi connectivity index (χ0v) is 15.7. The molecular weight excluding hydrogens is 352 g/mol. The number of thioether (sulfide) groups is 1. The van der Waals surface area contributed by atoms with Gasteiger partial charge in [0.15, 0.2) is 0 Å². The number of hydrogen-bond acceptors (Lipinski definition) is 6. The molecule has 1 fully saturated rings. The van der Waals surface area contributed by atoms with Crippen molar-refractivity contribution in [1.82, 2.24) is 15.1 Å². The summed E-state index contributed by atoms with van der Waals surface area (Å²) < 4.78 is 5.67. The van der Waals surface area contributed by atoms with E-state index in [1.807, 2.05) is 26.0 Å². The summed E-state index contributed by atoms with van der Waals surface area (Å²) in [7, 11) is 0. The second-order valence-corrected chi connectivity index (χ2v) is 7.47. The number of rotatable bonds is 5. The van der Waals surface area contributed by atoms with Crippen LogP contribution in [0, 0.1) is 13.8 Å². The average molecular weight is 374 g/mol. The van der Waals surface area contributed by atoms with E-state index < -0.39 is 11.9 Å². The summed E-state index contributed by atoms with van der Waals surface area (Å²) in [5.41, 5.74) is 8.51. The molecule has 2 N–H and O–H groups in total. The van der Waals surface area contributed by atoms with E-state index in [1.54, 1.807) is 4.90 Å². The third-order valence-corrected chi connectivity index (χ3v) is 5.15. The van der Waals surface area contributed by atoms with Crippen molar-refractivity contribution >= 4 is 23.6 Å². The predicted octanol–water partition coefficient (Wildman–Crippen LogP) is 2.31. The first-order valence-corrected chi connectivity index (χ1v) is 9.56. The van der Waals surface area contributed by atoms with Crippen molar-refractivity contribution in [2.75, 3.05) is 12.3 Å². The van der Waals surface area contributed by atoms with Gasteiger partial charge in [-0.2, -0.15) is 0 Å². The molecule has 1 aliphatic rings. The Morgan fingerprint density at radius 1 is 1.23 bits per heavy atom. The number of hydrogen-bond donors (Lipinski definition) is 1. The number of nitrogens with two attached hydrogens (primary N) is 1. The first-order chi connectivity index (χ1) is 12.4. The molecule has 0 aliphatic carbocycles. The van der Waals surface area contributed by atoms with Gasteiger partial charge in [-0.25, -0.2) is 0 Å². The lowest BCUT2D eigenvalue weighted by atomic mass is 10.0. The van der Waals surface area contributed by atoms with Crippen molar-refractivity contribution in [2.24, 2.45) is 5.73 Å². The molecule has 1 saturated heterocycles. The molecule has 2 heterocycles. The van der Waals surface area contributed by atoms with E-state index in [4.69, 9.17) is 10.2 Å². The van der Waals surface area contributed by atoms with Gasteiger partial charge in [-0.1, -0.05) is 29.0 Å². The van der Waals surface area contributed by atoms with Crippen LogP contribution in [0.4, 0.5) is 0 Å². The zero-order chi connectivity index (χ0) is 18.7. The lowest BCUT2D eigenvalue weighted by molar-refractivity contribution is -0.138. The minimum Gasteiger partial charge on any atom is -0.411 e. The summed E-state index contributed by atoms with van der Waals surface area (Å²) in [5.74, 6) is -0.0135. The SMILES string of the molecule is Cc1cc(C)cc(-c2nnc(SCC(=O)N3CCCC[C@H]3C(N)=O)o2)c1. The molecule has 1 aromatic heterocycles. The highest BCUT2D eigenvalue weighted by Gasteiger charge is 2.30. The highest BCUT2D eigenvalue weighted by Crippen LogP contribution is 2.26. The monoisotopic (exact) mass is 374 g/mol. The Morgan fingerprint density at radius 3 is 2.65 bits per heavy atom. The average Bonchev–Trinajstić information content (AvgIpc) is 3.08. The van der Waals surface area contributed by atoms with Crippen molar-refractivity contribution in [3.05, 3.63) is 29.3 Å². The van der Waals surface area contributed by atoms with Crippen LogP contribution in [0.15, 0.2) is 27.8 Å². The highest BCUT2D eigenvalue weighted by molar-refractivity contribution is 7.99. The quantitative estimate of drug-likeness (QED) is 0.806. The van der Waals surface area contributed by atoms with E-state index in [9.17, 15) is 9.59 Å². The smallest absolute Gasteiger partial charge is 0.277 e. The zero-order valence-electron chi connectivity index (χ0n) is 14.9. The van der Waals surface area contributed by atoms with Crippen LogP contribution in [0.2, 0.25) is 0 Å². The van der Waals surface area contributed by atoms with Crippen LogP contribution in [-0.4, -0.2) is 45.3 Å². The third kappa shape index (κ3) is 4.24. The van der Waals surface area contributed by atoms with Gasteiger partial charge in [0.2, 0.25) is 17.7 Å². The van der Waals surface area contributed by atoms with E-state index in [2.05, 4.69) is 16.3 Å². The molecule has 0 radical (unpaired) electrons. The van der Waals surface area contributed by atoms with Crippen LogP contribution in [-0.2, 0) is 9.59 Å². The fourth-order valence-electron chi connectivity index (χ4n) is 3.22. The van der Waals surface area contributed by atoms with E-state index in [0.717, 1.165) is 29.5 Å². The number of carbonyl (C=O) groups is 2. The Kier molecular flexibility index (Phi) is 5.61. The standard InChI is InChI=1S/C18H22N4O3S/c1-11-7-12(2)9-13(8-11)17-20-21-18(25-17)26-10-15(23)22-6-4-3-5-14(22)16(19)24/h7-9,14H,3-6,10H2,1-2H3,(H2,19,24)/t14-/m0/s1. The molecule has 1 atom stereocenters. The molecule has 3 rings (SSSR count). The van der Waals surface area contributed by atoms with Crippen LogP contribution < -0.4 is 5.73 Å². The van der Waals surface area contributed by atoms with Crippen LogP contribution in [0.3, 0.4) is 0 Å². The van der Waals surface area contributed by atoms with Crippen LogP contribution in [0.5, 0.6) is 0 Å². The molecule has 0 saturated carbocycles. The Labute approximate surface area is 156 Å². The third-order valence-electron chi connectivity index (χ3n) is 4.35. The minimum absolute atomic E-state index is 0.135. The maximum Gasteiger partial charge on any atom is 0.277 e. The van der Waals surface area contributed by atoms with Gasteiger partial charge >= 0.3 is 0 Å². The second-order valence-electron chi connectivity index (χ2n) is 6.54. The summed E-state index contributed by atoms with van der Waals surface area (Å²) in [6.45, 7) is 4.58. The lowest BCUT2D eigenvalue weighted by Crippen LogP contribution is -2.51. The first-order valence-electron chi connectivity index (χ1n) is 8.58. The Balaban J connectivity index is 1.64. The summed E-state index contributed by atoms with van der Waals surface area (Å²) in [6, 6.07) is 5.52. The number of amides is 2. The molecule has 26 heavy (non-hydrogen) atoms. The molecule has 7 nitrogen and oxygen atoms in total. The number of carbonyl (C=O) groups excluding carboxylic acids is 2. The summed E-state index contributed by atoms with van der Waals surface area (Å²) in [5, 5.41) is 8.41. The van der Waals surface area contributed by atoms with Gasteiger partial charge in [0.05, 0.1) is 5.75 Å². The van der Waals surface area contributed by atoms with Crippen molar-refractivity contribution in [3.63, 3.8) is 0 Å². The molecule has 0 unspecified atom stereocenters. The van der Waals surface area contributed by atoms with Crippen molar-refractivity contribution < 1.29 is 14.0 Å². The minimum atomic E-state index is -0.509. The van der Waals surface area contributed by atoms with Crippen molar-refractivity contribution in [1.29, 1.82) is 0 Å². The number of likely N-dealkylation sites (tertiary alicyclic amines) is 1. The second kappa shape index (κ2) is 7.90. The van der Waals surface area contributed by atoms with Gasteiger partial charge < -0.3 is 15.1 Å². The summed E-state index contributed by atoms with van der Waals surface area (Å²) in [6.07, 6.45) is 2.42. The number of piperidine rings is 1. The first kappa shape index (κ1) is 18.4. The van der Waals surface area contributed by atoms with Gasteiger partial charge in [-0.3, -0.25) is 9.59 Å². The molecule has 1 aliphatic heterocycles. The Bertz CT molecular complexity index is 800. The highest BCUT2D eigenvalue weighted by atomic mass is 32.2. The maximum atomic E-state index is 12.5. The predicted molar refractivity (Wildman–Crippen MR) is 98.5 cm³/mol. The van der Waals surface area contributed by atoms with Crippen molar-refractivity contribution in [3.8, 4) is 11.5 Å². The van der Waals surface area contributed by atoms with Crippen LogP contribution in [0.1, 0.15) is 30.4 Å². The van der Waals surface area contributed by atoms with Crippen molar-refractivity contribution in [2.45, 2.75) is 44.4 Å². The molecule has 138 valence electrons. The molecule has 0 spiro atoms. The number of nitrogens with zero attached hydrogens (tertiary/aromatic N) is 3. The van der Waals surface area contributed by atoms with Gasteiger partial charge in [-0.15, -0.1) is 10.2 Å². The molecular formula is C18H22N4O3S. The lowest BCUT2D eigenvalue weighted by Gasteiger charge is -2.33. The fourth-order valence-corrected chi connectivity index (χ4v) is 3.86. The van der Waals surface area contributed by atoms with Gasteiger partial charge in [0.25, 0.3) is 5.22 Å². The Hall–Kier alpha value is -2.35. The molecule has 8 heteroatoms. The Morgan fingerprint density at radius 2 is 1.96 bits per heavy atom. The van der Waals surface area contributed by atoms with Gasteiger partial charge in [-0.05, 0) is 45.2 Å². The molecule has 1 aromatic carbocycles. The number of benzene rings is 1. The number of primary amides is 1. The van der Waals surface area contributed by atoms with Gasteiger partial charge in [0, 0.05) is 12.1 Å².